The van der Waals surface area contributed by atoms with E-state index in [2.05, 4.69) is 5.32 Å². The van der Waals surface area contributed by atoms with Crippen LogP contribution in [0.2, 0.25) is 0 Å². The molecule has 1 heterocycles. The third-order valence-corrected chi connectivity index (χ3v) is 4.48. The number of anilines is 1. The zero-order chi connectivity index (χ0) is 18.2. The minimum atomic E-state index is 0.0405. The first-order chi connectivity index (χ1) is 12.7. The minimum Gasteiger partial charge on any atom is -0.497 e. The van der Waals surface area contributed by atoms with Gasteiger partial charge in [-0.2, -0.15) is 0 Å². The third kappa shape index (κ3) is 5.31. The van der Waals surface area contributed by atoms with Crippen molar-refractivity contribution in [2.75, 3.05) is 25.6 Å². The maximum absolute atomic E-state index is 12.3. The number of benzene rings is 2. The van der Waals surface area contributed by atoms with Gasteiger partial charge < -0.3 is 19.5 Å². The predicted octanol–water partition coefficient (Wildman–Crippen LogP) is 3.78. The van der Waals surface area contributed by atoms with Crippen molar-refractivity contribution in [3.8, 4) is 5.75 Å². The number of hydrogen-bond donors (Lipinski definition) is 1. The molecule has 0 aliphatic carbocycles. The highest BCUT2D eigenvalue weighted by Crippen LogP contribution is 2.19. The molecular formula is C21H25NO4. The first-order valence-corrected chi connectivity index (χ1v) is 8.93. The van der Waals surface area contributed by atoms with Crippen molar-refractivity contribution < 1.29 is 19.0 Å². The SMILES string of the molecule is COc1ccc(COCc2cccc(NC(=O)C3CCOCC3)c2)cc1. The van der Waals surface area contributed by atoms with Gasteiger partial charge in [0.25, 0.3) is 0 Å². The standard InChI is InChI=1S/C21H25NO4/c1-24-20-7-5-16(6-8-20)14-26-15-17-3-2-4-19(13-17)22-21(23)18-9-11-25-12-10-18/h2-8,13,18H,9-12,14-15H2,1H3,(H,22,23). The lowest BCUT2D eigenvalue weighted by Crippen LogP contribution is -2.28. The summed E-state index contributed by atoms with van der Waals surface area (Å²) >= 11 is 0. The maximum atomic E-state index is 12.3. The number of hydrogen-bond acceptors (Lipinski definition) is 4. The van der Waals surface area contributed by atoms with E-state index in [4.69, 9.17) is 14.2 Å². The van der Waals surface area contributed by atoms with E-state index in [1.807, 2.05) is 48.5 Å². The Kier molecular flexibility index (Phi) is 6.63. The summed E-state index contributed by atoms with van der Waals surface area (Å²) in [6, 6.07) is 15.6. The highest BCUT2D eigenvalue weighted by atomic mass is 16.5. The highest BCUT2D eigenvalue weighted by molar-refractivity contribution is 5.92. The van der Waals surface area contributed by atoms with Crippen molar-refractivity contribution in [3.05, 3.63) is 59.7 Å². The van der Waals surface area contributed by atoms with E-state index in [9.17, 15) is 4.79 Å². The van der Waals surface area contributed by atoms with Gasteiger partial charge in [0.1, 0.15) is 5.75 Å². The second kappa shape index (κ2) is 9.36. The van der Waals surface area contributed by atoms with Crippen LogP contribution in [0.1, 0.15) is 24.0 Å². The number of carbonyl (C=O) groups excluding carboxylic acids is 1. The molecule has 5 nitrogen and oxygen atoms in total. The van der Waals surface area contributed by atoms with Gasteiger partial charge in [0, 0.05) is 24.8 Å². The lowest BCUT2D eigenvalue weighted by atomic mass is 9.99. The van der Waals surface area contributed by atoms with Gasteiger partial charge in [0.15, 0.2) is 0 Å². The smallest absolute Gasteiger partial charge is 0.227 e. The Labute approximate surface area is 154 Å². The zero-order valence-electron chi connectivity index (χ0n) is 15.1. The maximum Gasteiger partial charge on any atom is 0.227 e. The van der Waals surface area contributed by atoms with Crippen LogP contribution in [0.3, 0.4) is 0 Å². The summed E-state index contributed by atoms with van der Waals surface area (Å²) in [4.78, 5) is 12.3. The van der Waals surface area contributed by atoms with Crippen LogP contribution in [0.5, 0.6) is 5.75 Å². The third-order valence-electron chi connectivity index (χ3n) is 4.48. The monoisotopic (exact) mass is 355 g/mol. The van der Waals surface area contributed by atoms with Gasteiger partial charge in [-0.3, -0.25) is 4.79 Å². The van der Waals surface area contributed by atoms with Crippen LogP contribution >= 0.6 is 0 Å². The number of methoxy groups -OCH3 is 1. The van der Waals surface area contributed by atoms with Crippen LogP contribution in [-0.2, 0) is 27.5 Å². The van der Waals surface area contributed by atoms with Crippen molar-refractivity contribution in [3.63, 3.8) is 0 Å². The van der Waals surface area contributed by atoms with Crippen LogP contribution in [-0.4, -0.2) is 26.2 Å². The van der Waals surface area contributed by atoms with Crippen LogP contribution in [0.15, 0.2) is 48.5 Å². The number of rotatable bonds is 7. The molecule has 0 unspecified atom stereocenters. The van der Waals surface area contributed by atoms with E-state index < -0.39 is 0 Å². The van der Waals surface area contributed by atoms with Crippen LogP contribution < -0.4 is 10.1 Å². The van der Waals surface area contributed by atoms with Crippen molar-refractivity contribution in [2.24, 2.45) is 5.92 Å². The van der Waals surface area contributed by atoms with Gasteiger partial charge in [-0.25, -0.2) is 0 Å². The zero-order valence-corrected chi connectivity index (χ0v) is 15.1. The Morgan fingerprint density at radius 3 is 2.54 bits per heavy atom. The highest BCUT2D eigenvalue weighted by Gasteiger charge is 2.21. The van der Waals surface area contributed by atoms with E-state index in [1.54, 1.807) is 7.11 Å². The molecule has 0 bridgehead atoms. The van der Waals surface area contributed by atoms with Gasteiger partial charge in [-0.05, 0) is 48.2 Å². The molecule has 1 amide bonds. The molecule has 1 fully saturated rings. The minimum absolute atomic E-state index is 0.0405. The second-order valence-corrected chi connectivity index (χ2v) is 6.42. The topological polar surface area (TPSA) is 56.8 Å². The fourth-order valence-electron chi connectivity index (χ4n) is 2.95. The molecule has 1 aliphatic rings. The lowest BCUT2D eigenvalue weighted by molar-refractivity contribution is -0.122. The number of nitrogens with one attached hydrogen (secondary N) is 1. The summed E-state index contributed by atoms with van der Waals surface area (Å²) in [6.45, 7) is 2.35. The summed E-state index contributed by atoms with van der Waals surface area (Å²) in [6.07, 6.45) is 1.58. The molecule has 3 rings (SSSR count). The van der Waals surface area contributed by atoms with Gasteiger partial charge in [-0.1, -0.05) is 24.3 Å². The van der Waals surface area contributed by atoms with E-state index in [1.165, 1.54) is 0 Å². The quantitative estimate of drug-likeness (QED) is 0.821. The first kappa shape index (κ1) is 18.4. The Hall–Kier alpha value is -2.37. The molecule has 1 aliphatic heterocycles. The van der Waals surface area contributed by atoms with Crippen LogP contribution in [0.25, 0.3) is 0 Å². The normalized spacial score (nSPS) is 14.8. The Morgan fingerprint density at radius 1 is 1.08 bits per heavy atom. The largest absolute Gasteiger partial charge is 0.497 e. The van der Waals surface area contributed by atoms with Gasteiger partial charge in [0.05, 0.1) is 20.3 Å². The average molecular weight is 355 g/mol. The Balaban J connectivity index is 1.49. The second-order valence-electron chi connectivity index (χ2n) is 6.42. The Morgan fingerprint density at radius 2 is 1.81 bits per heavy atom. The summed E-state index contributed by atoms with van der Waals surface area (Å²) < 4.78 is 16.2. The summed E-state index contributed by atoms with van der Waals surface area (Å²) in [5.74, 6) is 0.949. The molecule has 26 heavy (non-hydrogen) atoms. The lowest BCUT2D eigenvalue weighted by Gasteiger charge is -2.21. The van der Waals surface area contributed by atoms with E-state index in [0.29, 0.717) is 26.4 Å². The molecule has 0 atom stereocenters. The number of carbonyl (C=O) groups is 1. The van der Waals surface area contributed by atoms with Crippen molar-refractivity contribution in [1.29, 1.82) is 0 Å². The molecule has 2 aromatic carbocycles. The molecule has 0 radical (unpaired) electrons. The van der Waals surface area contributed by atoms with E-state index in [0.717, 1.165) is 35.4 Å². The Bertz CT molecular complexity index is 708. The first-order valence-electron chi connectivity index (χ1n) is 8.93. The molecule has 138 valence electrons. The molecular weight excluding hydrogens is 330 g/mol. The molecule has 5 heteroatoms. The molecule has 1 N–H and O–H groups in total. The average Bonchev–Trinajstić information content (AvgIpc) is 2.69. The van der Waals surface area contributed by atoms with Crippen LogP contribution in [0.4, 0.5) is 5.69 Å². The molecule has 0 aromatic heterocycles. The van der Waals surface area contributed by atoms with Crippen LogP contribution in [0, 0.1) is 5.92 Å². The van der Waals surface area contributed by atoms with E-state index >= 15 is 0 Å². The molecule has 0 saturated carbocycles. The molecule has 2 aromatic rings. The summed E-state index contributed by atoms with van der Waals surface area (Å²) in [7, 11) is 1.65. The number of amides is 1. The van der Waals surface area contributed by atoms with Gasteiger partial charge in [0.2, 0.25) is 5.91 Å². The van der Waals surface area contributed by atoms with E-state index in [-0.39, 0.29) is 11.8 Å². The van der Waals surface area contributed by atoms with Crippen molar-refractivity contribution >= 4 is 11.6 Å². The summed E-state index contributed by atoms with van der Waals surface area (Å²) in [5, 5.41) is 3.01. The fourth-order valence-corrected chi connectivity index (χ4v) is 2.95. The van der Waals surface area contributed by atoms with Crippen molar-refractivity contribution in [2.45, 2.75) is 26.1 Å². The fraction of sp³-hybridized carbons (Fsp3) is 0.381. The van der Waals surface area contributed by atoms with Gasteiger partial charge >= 0.3 is 0 Å². The van der Waals surface area contributed by atoms with Gasteiger partial charge in [-0.15, -0.1) is 0 Å². The van der Waals surface area contributed by atoms with Crippen molar-refractivity contribution in [1.82, 2.24) is 0 Å². The molecule has 0 spiro atoms. The summed E-state index contributed by atoms with van der Waals surface area (Å²) in [5.41, 5.74) is 2.94. The number of ether oxygens (including phenoxy) is 3. The predicted molar refractivity (Wildman–Crippen MR) is 100 cm³/mol. The molecule has 1 saturated heterocycles.